The lowest BCUT2D eigenvalue weighted by Crippen LogP contribution is -2.21. The van der Waals surface area contributed by atoms with E-state index in [0.29, 0.717) is 18.3 Å². The van der Waals surface area contributed by atoms with E-state index in [1.165, 1.54) is 5.56 Å². The Bertz CT molecular complexity index is 960. The topological polar surface area (TPSA) is 64.1 Å². The summed E-state index contributed by atoms with van der Waals surface area (Å²) in [6.07, 6.45) is 2.69. The van der Waals surface area contributed by atoms with Crippen molar-refractivity contribution in [1.29, 1.82) is 0 Å². The van der Waals surface area contributed by atoms with E-state index in [1.54, 1.807) is 6.26 Å². The van der Waals surface area contributed by atoms with Crippen LogP contribution in [0.25, 0.3) is 11.4 Å². The molecule has 4 aromatic rings. The van der Waals surface area contributed by atoms with Gasteiger partial charge < -0.3 is 8.94 Å². The Morgan fingerprint density at radius 3 is 2.48 bits per heavy atom. The number of hydrogen-bond acceptors (Lipinski definition) is 5. The van der Waals surface area contributed by atoms with Crippen molar-refractivity contribution in [2.75, 3.05) is 0 Å². The third-order valence-corrected chi connectivity index (χ3v) is 4.51. The molecule has 1 atom stereocenters. The predicted octanol–water partition coefficient (Wildman–Crippen LogP) is 4.77. The third-order valence-electron chi connectivity index (χ3n) is 4.51. The van der Waals surface area contributed by atoms with E-state index in [2.05, 4.69) is 46.6 Å². The van der Waals surface area contributed by atoms with Crippen molar-refractivity contribution < 1.29 is 8.94 Å². The van der Waals surface area contributed by atoms with Crippen molar-refractivity contribution in [2.45, 2.75) is 25.9 Å². The number of nitrogens with zero attached hydrogens (tertiary/aromatic N) is 2. The van der Waals surface area contributed by atoms with Gasteiger partial charge in [0.25, 0.3) is 0 Å². The Kier molecular flexibility index (Phi) is 5.12. The van der Waals surface area contributed by atoms with E-state index in [4.69, 9.17) is 8.94 Å². The maximum atomic E-state index is 5.61. The van der Waals surface area contributed by atoms with Crippen LogP contribution in [0.1, 0.15) is 35.7 Å². The van der Waals surface area contributed by atoms with Gasteiger partial charge in [-0.15, -0.1) is 0 Å². The smallest absolute Gasteiger partial charge is 0.240 e. The molecule has 2 heterocycles. The fourth-order valence-corrected chi connectivity index (χ4v) is 3.01. The summed E-state index contributed by atoms with van der Waals surface area (Å²) in [5.41, 5.74) is 3.35. The summed E-state index contributed by atoms with van der Waals surface area (Å²) in [5, 5.41) is 7.55. The second-order valence-electron chi connectivity index (χ2n) is 6.30. The second-order valence-corrected chi connectivity index (χ2v) is 6.30. The minimum Gasteiger partial charge on any atom is -0.467 e. The molecule has 1 N–H and O–H groups in total. The molecule has 0 aliphatic carbocycles. The molecule has 0 saturated heterocycles. The normalized spacial score (nSPS) is 12.2. The van der Waals surface area contributed by atoms with E-state index in [1.807, 2.05) is 42.5 Å². The molecule has 136 valence electrons. The molecule has 0 spiro atoms. The lowest BCUT2D eigenvalue weighted by Gasteiger charge is -2.15. The van der Waals surface area contributed by atoms with Crippen molar-refractivity contribution >= 4 is 0 Å². The van der Waals surface area contributed by atoms with Crippen LogP contribution in [0.4, 0.5) is 0 Å². The van der Waals surface area contributed by atoms with Gasteiger partial charge >= 0.3 is 0 Å². The molecule has 4 rings (SSSR count). The van der Waals surface area contributed by atoms with Gasteiger partial charge in [-0.25, -0.2) is 0 Å². The Morgan fingerprint density at radius 2 is 1.78 bits per heavy atom. The molecule has 5 nitrogen and oxygen atoms in total. The molecule has 0 amide bonds. The molecule has 0 fully saturated rings. The molecule has 27 heavy (non-hydrogen) atoms. The zero-order valence-corrected chi connectivity index (χ0v) is 15.1. The molecule has 2 aromatic carbocycles. The number of furan rings is 1. The van der Waals surface area contributed by atoms with E-state index in [-0.39, 0.29) is 6.04 Å². The average molecular weight is 359 g/mol. The quantitative estimate of drug-likeness (QED) is 0.515. The maximum Gasteiger partial charge on any atom is 0.240 e. The van der Waals surface area contributed by atoms with Crippen LogP contribution in [0.2, 0.25) is 0 Å². The number of rotatable bonds is 7. The summed E-state index contributed by atoms with van der Waals surface area (Å²) in [5.74, 6) is 1.98. The highest BCUT2D eigenvalue weighted by Gasteiger charge is 2.18. The van der Waals surface area contributed by atoms with Crippen LogP contribution in [0.15, 0.2) is 81.9 Å². The van der Waals surface area contributed by atoms with Crippen LogP contribution in [0.5, 0.6) is 0 Å². The summed E-state index contributed by atoms with van der Waals surface area (Å²) in [6.45, 7) is 2.58. The highest BCUT2D eigenvalue weighted by molar-refractivity contribution is 5.54. The fraction of sp³-hybridized carbons (Fsp3) is 0.182. The molecule has 0 radical (unpaired) electrons. The van der Waals surface area contributed by atoms with Gasteiger partial charge in [-0.05, 0) is 29.7 Å². The van der Waals surface area contributed by atoms with Crippen LogP contribution in [0.3, 0.4) is 0 Å². The van der Waals surface area contributed by atoms with E-state index < -0.39 is 0 Å². The lowest BCUT2D eigenvalue weighted by molar-refractivity contribution is 0.355. The summed E-state index contributed by atoms with van der Waals surface area (Å²) >= 11 is 0. The fourth-order valence-electron chi connectivity index (χ4n) is 3.01. The number of aromatic nitrogens is 2. The summed E-state index contributed by atoms with van der Waals surface area (Å²) in [6, 6.07) is 22.1. The first kappa shape index (κ1) is 17.2. The van der Waals surface area contributed by atoms with Crippen LogP contribution in [-0.2, 0) is 13.0 Å². The first-order valence-corrected chi connectivity index (χ1v) is 9.07. The highest BCUT2D eigenvalue weighted by Crippen LogP contribution is 2.23. The molecule has 0 bridgehead atoms. The van der Waals surface area contributed by atoms with Crippen molar-refractivity contribution in [1.82, 2.24) is 15.5 Å². The lowest BCUT2D eigenvalue weighted by atomic mass is 10.0. The summed E-state index contributed by atoms with van der Waals surface area (Å²) in [4.78, 5) is 4.51. The van der Waals surface area contributed by atoms with Crippen molar-refractivity contribution in [3.8, 4) is 11.4 Å². The minimum atomic E-state index is -0.0830. The molecule has 0 aliphatic heterocycles. The first-order valence-electron chi connectivity index (χ1n) is 9.07. The number of hydrogen-bond donors (Lipinski definition) is 1. The standard InChI is InChI=1S/C22H21N3O2/c1-2-16-10-12-18(13-11-16)22-24-20(27-25-22)15-23-21(19-9-6-14-26-19)17-7-4-3-5-8-17/h3-14,21,23H,2,15H2,1H3/t21-/m0/s1. The van der Waals surface area contributed by atoms with Gasteiger partial charge in [0.1, 0.15) is 5.76 Å². The van der Waals surface area contributed by atoms with Crippen molar-refractivity contribution in [3.05, 3.63) is 95.8 Å². The predicted molar refractivity (Wildman–Crippen MR) is 103 cm³/mol. The molecule has 0 aliphatic rings. The molecule has 0 saturated carbocycles. The molecule has 5 heteroatoms. The van der Waals surface area contributed by atoms with Crippen molar-refractivity contribution in [3.63, 3.8) is 0 Å². The first-order chi connectivity index (χ1) is 13.3. The maximum absolute atomic E-state index is 5.61. The molecular weight excluding hydrogens is 338 g/mol. The number of benzene rings is 2. The monoisotopic (exact) mass is 359 g/mol. The van der Waals surface area contributed by atoms with Gasteiger partial charge in [0.15, 0.2) is 0 Å². The van der Waals surface area contributed by atoms with Gasteiger partial charge in [0.2, 0.25) is 11.7 Å². The largest absolute Gasteiger partial charge is 0.467 e. The second kappa shape index (κ2) is 8.01. The Morgan fingerprint density at radius 1 is 0.963 bits per heavy atom. The van der Waals surface area contributed by atoms with Crippen LogP contribution in [-0.4, -0.2) is 10.1 Å². The Labute approximate surface area is 158 Å². The zero-order valence-electron chi connectivity index (χ0n) is 15.1. The van der Waals surface area contributed by atoms with Crippen LogP contribution >= 0.6 is 0 Å². The Hall–Kier alpha value is -3.18. The summed E-state index contributed by atoms with van der Waals surface area (Å²) in [7, 11) is 0. The molecule has 0 unspecified atom stereocenters. The van der Waals surface area contributed by atoms with E-state index in [0.717, 1.165) is 23.3 Å². The van der Waals surface area contributed by atoms with Gasteiger partial charge in [-0.1, -0.05) is 66.7 Å². The van der Waals surface area contributed by atoms with Crippen LogP contribution in [0, 0.1) is 0 Å². The van der Waals surface area contributed by atoms with E-state index in [9.17, 15) is 0 Å². The Balaban J connectivity index is 1.49. The van der Waals surface area contributed by atoms with Crippen LogP contribution < -0.4 is 5.32 Å². The van der Waals surface area contributed by atoms with Crippen molar-refractivity contribution in [2.24, 2.45) is 0 Å². The number of aryl methyl sites for hydroxylation is 1. The minimum absolute atomic E-state index is 0.0830. The number of nitrogens with one attached hydrogen (secondary N) is 1. The third kappa shape index (κ3) is 3.99. The van der Waals surface area contributed by atoms with Gasteiger partial charge in [-0.2, -0.15) is 4.98 Å². The van der Waals surface area contributed by atoms with E-state index >= 15 is 0 Å². The molecule has 2 aromatic heterocycles. The summed E-state index contributed by atoms with van der Waals surface area (Å²) < 4.78 is 11.0. The van der Waals surface area contributed by atoms with Gasteiger partial charge in [0.05, 0.1) is 18.8 Å². The SMILES string of the molecule is CCc1ccc(-c2noc(CN[C@@H](c3ccccc3)c3ccco3)n2)cc1. The zero-order chi connectivity index (χ0) is 18.5. The van der Waals surface area contributed by atoms with Gasteiger partial charge in [-0.3, -0.25) is 5.32 Å². The highest BCUT2D eigenvalue weighted by atomic mass is 16.5. The molecular formula is C22H21N3O2. The average Bonchev–Trinajstić information content (AvgIpc) is 3.42. The van der Waals surface area contributed by atoms with Gasteiger partial charge in [0, 0.05) is 5.56 Å².